The van der Waals surface area contributed by atoms with Gasteiger partial charge in [-0.3, -0.25) is 4.72 Å². The number of benzene rings is 2. The highest BCUT2D eigenvalue weighted by molar-refractivity contribution is 8.00. The summed E-state index contributed by atoms with van der Waals surface area (Å²) in [5, 5.41) is 14.2. The van der Waals surface area contributed by atoms with E-state index in [0.717, 1.165) is 56.5 Å². The quantitative estimate of drug-likeness (QED) is 0.105. The lowest BCUT2D eigenvalue weighted by Gasteiger charge is -2.63. The lowest BCUT2D eigenvalue weighted by atomic mass is 9.43. The predicted molar refractivity (Wildman–Crippen MR) is 198 cm³/mol. The number of carboxylic acids is 1. The largest absolute Gasteiger partial charge is 0.478 e. The number of rotatable bonds is 13. The molecule has 8 rings (SSSR count). The molecule has 3 heterocycles. The topological polar surface area (TPSA) is 127 Å². The molecule has 2 aromatic carbocycles. The monoisotopic (exact) mass is 691 g/mol. The molecule has 3 aromatic heterocycles. The van der Waals surface area contributed by atoms with Crippen LogP contribution < -0.4 is 14.8 Å². The average Bonchev–Trinajstić information content (AvgIpc) is 3.38. The first-order chi connectivity index (χ1) is 23.9. The number of aromatic carboxylic acids is 1. The van der Waals surface area contributed by atoms with Crippen molar-refractivity contribution in [2.45, 2.75) is 83.2 Å². The second-order valence-corrected chi connectivity index (χ2v) is 16.1. The third kappa shape index (κ3) is 7.07. The summed E-state index contributed by atoms with van der Waals surface area (Å²) in [5.41, 5.74) is 6.82. The normalized spacial score (nSPS) is 18.7. The number of nitrogens with zero attached hydrogens (tertiary/aromatic N) is 5. The van der Waals surface area contributed by atoms with Crippen molar-refractivity contribution in [3.63, 3.8) is 0 Å². The van der Waals surface area contributed by atoms with E-state index in [1.54, 1.807) is 18.2 Å². The van der Waals surface area contributed by atoms with Crippen LogP contribution in [0.25, 0.3) is 22.3 Å². The molecule has 3 aliphatic carbocycles. The fourth-order valence-electron chi connectivity index (χ4n) is 7.68. The molecule has 11 heteroatoms. The highest BCUT2D eigenvalue weighted by atomic mass is 32.2. The molecule has 1 unspecified atom stereocenters. The van der Waals surface area contributed by atoms with E-state index in [4.69, 9.17) is 24.7 Å². The molecule has 3 fully saturated rings. The summed E-state index contributed by atoms with van der Waals surface area (Å²) in [4.78, 5) is 31.5. The van der Waals surface area contributed by atoms with Crippen LogP contribution >= 0.6 is 11.9 Å². The van der Waals surface area contributed by atoms with E-state index in [1.165, 1.54) is 36.9 Å². The maximum Gasteiger partial charge on any atom is 0.335 e. The highest BCUT2D eigenvalue weighted by Crippen LogP contribution is 2.66. The number of hydrogen-bond acceptors (Lipinski definition) is 9. The van der Waals surface area contributed by atoms with Gasteiger partial charge in [-0.2, -0.15) is 4.98 Å². The van der Waals surface area contributed by atoms with E-state index in [2.05, 4.69) is 74.5 Å². The smallest absolute Gasteiger partial charge is 0.335 e. The zero-order valence-electron chi connectivity index (χ0n) is 29.6. The molecule has 1 atom stereocenters. The number of fused-ring (bicyclic) bond motifs is 1. The summed E-state index contributed by atoms with van der Waals surface area (Å²) in [6, 6.07) is 17.1. The van der Waals surface area contributed by atoms with Crippen molar-refractivity contribution < 1.29 is 14.6 Å². The molecule has 0 radical (unpaired) electrons. The molecule has 260 valence electrons. The van der Waals surface area contributed by atoms with E-state index in [-0.39, 0.29) is 17.0 Å². The molecule has 5 aromatic rings. The van der Waals surface area contributed by atoms with Crippen LogP contribution in [-0.4, -0.2) is 48.2 Å². The third-order valence-corrected chi connectivity index (χ3v) is 11.0. The number of anilines is 1. The van der Waals surface area contributed by atoms with Crippen LogP contribution in [0.5, 0.6) is 5.88 Å². The van der Waals surface area contributed by atoms with Gasteiger partial charge in [0, 0.05) is 52.3 Å². The highest BCUT2D eigenvalue weighted by Gasteiger charge is 2.56. The second-order valence-electron chi connectivity index (χ2n) is 15.2. The average molecular weight is 692 g/mol. The Kier molecular flexibility index (Phi) is 9.07. The Bertz CT molecular complexity index is 2030. The zero-order valence-corrected chi connectivity index (χ0v) is 30.4. The fourth-order valence-corrected chi connectivity index (χ4v) is 8.31. The number of ether oxygens (including phenoxy) is 1. The lowest BCUT2D eigenvalue weighted by Crippen LogP contribution is -2.55. The Labute approximate surface area is 297 Å². The van der Waals surface area contributed by atoms with Crippen LogP contribution in [0.1, 0.15) is 79.5 Å². The summed E-state index contributed by atoms with van der Waals surface area (Å²) in [6.45, 7) is 11.8. The maximum absolute atomic E-state index is 11.5. The lowest BCUT2D eigenvalue weighted by molar-refractivity contribution is -0.119. The first-order valence-corrected chi connectivity index (χ1v) is 18.1. The van der Waals surface area contributed by atoms with Crippen molar-refractivity contribution in [1.29, 1.82) is 0 Å². The Morgan fingerprint density at radius 1 is 1.06 bits per heavy atom. The van der Waals surface area contributed by atoms with E-state index in [9.17, 15) is 9.90 Å². The molecule has 0 saturated heterocycles. The SMILES string of the molecule is Cc1cccc(C)c1-c1cc(OCC(CC23CC(C2)C3)NCc2ncc3cc(C(C)(C)C)n(C)c3n2)nc(NSc2cccc(C(=O)O)c2)n1. The van der Waals surface area contributed by atoms with Crippen LogP contribution in [0, 0.1) is 25.2 Å². The van der Waals surface area contributed by atoms with Gasteiger partial charge >= 0.3 is 5.97 Å². The Morgan fingerprint density at radius 3 is 2.48 bits per heavy atom. The van der Waals surface area contributed by atoms with Crippen LogP contribution in [0.4, 0.5) is 5.95 Å². The number of aromatic nitrogens is 5. The van der Waals surface area contributed by atoms with Gasteiger partial charge in [-0.05, 0) is 98.2 Å². The second kappa shape index (κ2) is 13.3. The molecule has 0 aliphatic heterocycles. The van der Waals surface area contributed by atoms with Crippen molar-refractivity contribution in [2.24, 2.45) is 18.4 Å². The van der Waals surface area contributed by atoms with Crippen LogP contribution in [0.2, 0.25) is 0 Å². The molecule has 3 aliphatic rings. The summed E-state index contributed by atoms with van der Waals surface area (Å²) in [6.07, 6.45) is 6.85. The Balaban J connectivity index is 1.12. The van der Waals surface area contributed by atoms with Crippen molar-refractivity contribution in [1.82, 2.24) is 29.8 Å². The van der Waals surface area contributed by atoms with Gasteiger partial charge in [0.1, 0.15) is 18.1 Å². The standard InChI is InChI=1S/C39H45N7O3S/c1-23-9-7-10-24(2)34(23)30-15-33(44-37(42-30)45-50-29-12-8-11-26(13-29)36(47)48)49-22-28(19-39-16-25(17-39)18-39)40-21-32-41-20-27-14-31(38(3,4)5)46(6)35(27)43-32/h7-15,20,25,28,40H,16-19,21-22H2,1-6H3,(H,47,48)(H,42,44,45). The predicted octanol–water partition coefficient (Wildman–Crippen LogP) is 7.88. The molecule has 50 heavy (non-hydrogen) atoms. The fraction of sp³-hybridized carbons (Fsp3) is 0.410. The minimum atomic E-state index is -0.972. The van der Waals surface area contributed by atoms with Gasteiger partial charge in [0.25, 0.3) is 0 Å². The van der Waals surface area contributed by atoms with Crippen LogP contribution in [-0.2, 0) is 19.0 Å². The minimum Gasteiger partial charge on any atom is -0.478 e. The van der Waals surface area contributed by atoms with Gasteiger partial charge in [-0.15, -0.1) is 0 Å². The van der Waals surface area contributed by atoms with Crippen LogP contribution in [0.15, 0.2) is 65.7 Å². The van der Waals surface area contributed by atoms with Gasteiger partial charge in [0.05, 0.1) is 17.8 Å². The molecule has 10 nitrogen and oxygen atoms in total. The summed E-state index contributed by atoms with van der Waals surface area (Å²) in [5.74, 6) is 1.53. The Morgan fingerprint density at radius 2 is 1.80 bits per heavy atom. The number of carbonyl (C=O) groups is 1. The first kappa shape index (κ1) is 34.0. The number of carboxylic acid groups (broad SMARTS) is 1. The minimum absolute atomic E-state index is 0.0112. The van der Waals surface area contributed by atoms with Crippen molar-refractivity contribution >= 4 is 34.9 Å². The van der Waals surface area contributed by atoms with E-state index < -0.39 is 5.97 Å². The number of nitrogens with one attached hydrogen (secondary N) is 2. The molecule has 3 saturated carbocycles. The summed E-state index contributed by atoms with van der Waals surface area (Å²) < 4.78 is 11.9. The van der Waals surface area contributed by atoms with Crippen molar-refractivity contribution in [3.8, 4) is 17.1 Å². The van der Waals surface area contributed by atoms with Gasteiger partial charge < -0.3 is 19.7 Å². The van der Waals surface area contributed by atoms with Gasteiger partial charge in [0.2, 0.25) is 11.8 Å². The van der Waals surface area contributed by atoms with Crippen molar-refractivity contribution in [2.75, 3.05) is 11.3 Å². The molecule has 0 spiro atoms. The molecule has 0 amide bonds. The summed E-state index contributed by atoms with van der Waals surface area (Å²) in [7, 11) is 2.08. The van der Waals surface area contributed by atoms with E-state index >= 15 is 0 Å². The molecular formula is C39H45N7O3S. The van der Waals surface area contributed by atoms with E-state index in [1.807, 2.05) is 24.4 Å². The molecule has 3 N–H and O–H groups in total. The summed E-state index contributed by atoms with van der Waals surface area (Å²) >= 11 is 1.26. The maximum atomic E-state index is 11.5. The molecule has 2 bridgehead atoms. The number of hydrogen-bond donors (Lipinski definition) is 3. The van der Waals surface area contributed by atoms with Gasteiger partial charge in [0.15, 0.2) is 0 Å². The molecular weight excluding hydrogens is 647 g/mol. The van der Waals surface area contributed by atoms with Gasteiger partial charge in [-0.25, -0.2) is 19.7 Å². The van der Waals surface area contributed by atoms with E-state index in [0.29, 0.717) is 30.4 Å². The number of aryl methyl sites for hydroxylation is 3. The first-order valence-electron chi connectivity index (χ1n) is 17.3. The third-order valence-electron chi connectivity index (χ3n) is 10.2. The van der Waals surface area contributed by atoms with Crippen molar-refractivity contribution in [3.05, 3.63) is 89.0 Å². The zero-order chi connectivity index (χ0) is 35.2. The van der Waals surface area contributed by atoms with Crippen LogP contribution in [0.3, 0.4) is 0 Å². The van der Waals surface area contributed by atoms with Gasteiger partial charge in [-0.1, -0.05) is 45.0 Å². The Hall–Kier alpha value is -4.48.